The van der Waals surface area contributed by atoms with E-state index >= 15 is 0 Å². The molecule has 0 saturated carbocycles. The first-order valence-corrected chi connectivity index (χ1v) is 10.0. The molecule has 8 nitrogen and oxygen atoms in total. The Labute approximate surface area is 170 Å². The second-order valence-electron chi connectivity index (χ2n) is 6.70. The number of carbonyl (C=O) groups is 3. The lowest BCUT2D eigenvalue weighted by molar-refractivity contribution is -0.147. The highest BCUT2D eigenvalue weighted by molar-refractivity contribution is 5.89. The Balaban J connectivity index is 0.000000370. The summed E-state index contributed by atoms with van der Waals surface area (Å²) in [4.78, 5) is 33.2. The van der Waals surface area contributed by atoms with Crippen molar-refractivity contribution >= 4 is 23.7 Å². The summed E-state index contributed by atoms with van der Waals surface area (Å²) in [5, 5.41) is 10.9. The first-order valence-electron chi connectivity index (χ1n) is 10.0. The lowest BCUT2D eigenvalue weighted by atomic mass is 9.99. The van der Waals surface area contributed by atoms with E-state index in [1.54, 1.807) is 13.8 Å². The first kappa shape index (κ1) is 22.7. The Morgan fingerprint density at radius 1 is 0.897 bits per heavy atom. The molecule has 8 heteroatoms. The number of esters is 2. The maximum atomic E-state index is 12.0. The second kappa shape index (κ2) is 11.4. The molecule has 2 N–H and O–H groups in total. The van der Waals surface area contributed by atoms with Gasteiger partial charge in [0, 0.05) is 0 Å². The fraction of sp³-hybridized carbons (Fsp3) is 0.571. The molecule has 0 spiro atoms. The number of aliphatic hydroxyl groups is 1. The standard InChI is InChI=1S/C17H21NO4.C4H8O3/c1-2-21-15(19)10-22-17(20)18-16-13-7-3-5-11(13)9-12-6-4-8-14(12)16;1-2-7-4(6)3-5/h9H,2-8,10H2,1H3,(H,18,20);5H,2-3H2,1H3. The van der Waals surface area contributed by atoms with Gasteiger partial charge < -0.3 is 19.3 Å². The van der Waals surface area contributed by atoms with Crippen molar-refractivity contribution in [3.63, 3.8) is 0 Å². The number of nitrogens with one attached hydrogen (secondary N) is 1. The van der Waals surface area contributed by atoms with Crippen molar-refractivity contribution in [2.75, 3.05) is 31.7 Å². The highest BCUT2D eigenvalue weighted by Gasteiger charge is 2.25. The quantitative estimate of drug-likeness (QED) is 0.550. The maximum Gasteiger partial charge on any atom is 0.412 e. The molecule has 1 aromatic carbocycles. The number of aryl methyl sites for hydroxylation is 2. The molecule has 3 rings (SSSR count). The minimum atomic E-state index is -0.581. The molecule has 0 aromatic heterocycles. The third-order valence-electron chi connectivity index (χ3n) is 4.76. The summed E-state index contributed by atoms with van der Waals surface area (Å²) in [6.45, 7) is 3.15. The van der Waals surface area contributed by atoms with Crippen molar-refractivity contribution in [1.82, 2.24) is 0 Å². The maximum absolute atomic E-state index is 12.0. The number of hydrogen-bond acceptors (Lipinski definition) is 7. The van der Waals surface area contributed by atoms with Crippen LogP contribution >= 0.6 is 0 Å². The molecule has 160 valence electrons. The highest BCUT2D eigenvalue weighted by Crippen LogP contribution is 2.38. The number of fused-ring (bicyclic) bond motifs is 2. The van der Waals surface area contributed by atoms with Crippen LogP contribution in [0.25, 0.3) is 0 Å². The summed E-state index contributed by atoms with van der Waals surface area (Å²) < 4.78 is 14.0. The average Bonchev–Trinajstić information content (AvgIpc) is 3.36. The number of ether oxygens (including phenoxy) is 3. The van der Waals surface area contributed by atoms with E-state index in [4.69, 9.17) is 14.6 Å². The van der Waals surface area contributed by atoms with Crippen molar-refractivity contribution in [2.45, 2.75) is 52.4 Å². The number of benzene rings is 1. The molecule has 0 aliphatic heterocycles. The van der Waals surface area contributed by atoms with Crippen molar-refractivity contribution in [2.24, 2.45) is 0 Å². The summed E-state index contributed by atoms with van der Waals surface area (Å²) in [6, 6.07) is 2.31. The lowest BCUT2D eigenvalue weighted by Gasteiger charge is -2.15. The van der Waals surface area contributed by atoms with E-state index in [-0.39, 0.29) is 13.2 Å². The van der Waals surface area contributed by atoms with Gasteiger partial charge in [-0.05, 0) is 74.6 Å². The van der Waals surface area contributed by atoms with Crippen LogP contribution in [0.1, 0.15) is 48.9 Å². The third kappa shape index (κ3) is 6.45. The molecule has 0 heterocycles. The summed E-state index contributed by atoms with van der Waals surface area (Å²) in [5.74, 6) is -1.09. The normalized spacial score (nSPS) is 13.5. The first-order chi connectivity index (χ1) is 14.0. The van der Waals surface area contributed by atoms with Crippen LogP contribution in [0.5, 0.6) is 0 Å². The van der Waals surface area contributed by atoms with Crippen molar-refractivity contribution in [3.05, 3.63) is 28.3 Å². The van der Waals surface area contributed by atoms with Crippen LogP contribution in [0.15, 0.2) is 6.07 Å². The Morgan fingerprint density at radius 2 is 1.45 bits per heavy atom. The molecule has 0 bridgehead atoms. The molecular formula is C21H29NO7. The van der Waals surface area contributed by atoms with Gasteiger partial charge in [-0.2, -0.15) is 0 Å². The summed E-state index contributed by atoms with van der Waals surface area (Å²) in [5.41, 5.74) is 6.11. The number of carbonyl (C=O) groups excluding carboxylic acids is 3. The van der Waals surface area contributed by atoms with Crippen LogP contribution in [0.3, 0.4) is 0 Å². The molecule has 2 aliphatic carbocycles. The molecule has 0 unspecified atom stereocenters. The van der Waals surface area contributed by atoms with Gasteiger partial charge >= 0.3 is 18.0 Å². The third-order valence-corrected chi connectivity index (χ3v) is 4.76. The van der Waals surface area contributed by atoms with Crippen LogP contribution in [0.4, 0.5) is 10.5 Å². The summed E-state index contributed by atoms with van der Waals surface area (Å²) in [6.07, 6.45) is 5.83. The Hall–Kier alpha value is -2.61. The topological polar surface area (TPSA) is 111 Å². The Bertz CT molecular complexity index is 713. The lowest BCUT2D eigenvalue weighted by Crippen LogP contribution is -2.21. The van der Waals surface area contributed by atoms with E-state index in [2.05, 4.69) is 16.1 Å². The van der Waals surface area contributed by atoms with Crippen LogP contribution in [-0.4, -0.2) is 49.6 Å². The van der Waals surface area contributed by atoms with Gasteiger partial charge in [0.15, 0.2) is 6.61 Å². The molecule has 0 atom stereocenters. The SMILES string of the molecule is CCOC(=O)CO.CCOC(=O)COC(=O)Nc1c2c(cc3c1CCC3)CCC2. The highest BCUT2D eigenvalue weighted by atomic mass is 16.6. The van der Waals surface area contributed by atoms with E-state index < -0.39 is 24.6 Å². The number of amides is 1. The van der Waals surface area contributed by atoms with Crippen molar-refractivity contribution in [1.29, 1.82) is 0 Å². The molecule has 0 radical (unpaired) electrons. The zero-order chi connectivity index (χ0) is 21.2. The monoisotopic (exact) mass is 407 g/mol. The number of aliphatic hydroxyl groups excluding tert-OH is 1. The van der Waals surface area contributed by atoms with E-state index in [9.17, 15) is 14.4 Å². The molecule has 2 aliphatic rings. The zero-order valence-corrected chi connectivity index (χ0v) is 17.0. The number of anilines is 1. The average molecular weight is 407 g/mol. The van der Waals surface area contributed by atoms with Crippen LogP contribution in [0.2, 0.25) is 0 Å². The van der Waals surface area contributed by atoms with E-state index in [0.717, 1.165) is 44.2 Å². The Kier molecular flexibility index (Phi) is 8.92. The smallest absolute Gasteiger partial charge is 0.412 e. The largest absolute Gasteiger partial charge is 0.464 e. The van der Waals surface area contributed by atoms with E-state index in [0.29, 0.717) is 6.61 Å². The molecular weight excluding hydrogens is 378 g/mol. The molecule has 1 amide bonds. The fourth-order valence-corrected chi connectivity index (χ4v) is 3.64. The van der Waals surface area contributed by atoms with Gasteiger partial charge in [0.2, 0.25) is 0 Å². The van der Waals surface area contributed by atoms with Crippen molar-refractivity contribution < 1.29 is 33.7 Å². The Morgan fingerprint density at radius 3 is 1.93 bits per heavy atom. The number of rotatable bonds is 6. The minimum Gasteiger partial charge on any atom is -0.464 e. The van der Waals surface area contributed by atoms with Gasteiger partial charge in [0.1, 0.15) is 6.61 Å². The van der Waals surface area contributed by atoms with Gasteiger partial charge in [0.05, 0.1) is 18.9 Å². The van der Waals surface area contributed by atoms with E-state index in [1.807, 2.05) is 0 Å². The van der Waals surface area contributed by atoms with E-state index in [1.165, 1.54) is 22.3 Å². The predicted molar refractivity (Wildman–Crippen MR) is 106 cm³/mol. The van der Waals surface area contributed by atoms with Gasteiger partial charge in [-0.1, -0.05) is 6.07 Å². The van der Waals surface area contributed by atoms with Crippen molar-refractivity contribution in [3.8, 4) is 0 Å². The fourth-order valence-electron chi connectivity index (χ4n) is 3.64. The van der Waals surface area contributed by atoms with Gasteiger partial charge in [-0.25, -0.2) is 14.4 Å². The molecule has 29 heavy (non-hydrogen) atoms. The van der Waals surface area contributed by atoms with Gasteiger partial charge in [0.25, 0.3) is 0 Å². The molecule has 0 saturated heterocycles. The summed E-state index contributed by atoms with van der Waals surface area (Å²) in [7, 11) is 0. The predicted octanol–water partition coefficient (Wildman–Crippen LogP) is 2.32. The molecule has 0 fully saturated rings. The zero-order valence-electron chi connectivity index (χ0n) is 17.0. The van der Waals surface area contributed by atoms with Crippen LogP contribution in [0, 0.1) is 0 Å². The second-order valence-corrected chi connectivity index (χ2v) is 6.70. The summed E-state index contributed by atoms with van der Waals surface area (Å²) >= 11 is 0. The minimum absolute atomic E-state index is 0.281. The molecule has 1 aromatic rings. The van der Waals surface area contributed by atoms with Crippen LogP contribution in [-0.2, 0) is 49.5 Å². The van der Waals surface area contributed by atoms with Gasteiger partial charge in [-0.15, -0.1) is 0 Å². The number of hydrogen-bond donors (Lipinski definition) is 2. The van der Waals surface area contributed by atoms with Crippen LogP contribution < -0.4 is 5.32 Å². The van der Waals surface area contributed by atoms with Gasteiger partial charge in [-0.3, -0.25) is 5.32 Å².